The molecule has 1 saturated carbocycles. The highest BCUT2D eigenvalue weighted by Crippen LogP contribution is 2.30. The Balaban J connectivity index is 1.49. The SMILES string of the molecule is CC(C)(C)OC(=O)N1CCC(C(=O)Nc2cccc(NC(=O)C3CC3)c2)CC1. The summed E-state index contributed by atoms with van der Waals surface area (Å²) in [5, 5.41) is 5.81. The Morgan fingerprint density at radius 2 is 1.43 bits per heavy atom. The van der Waals surface area contributed by atoms with Crippen LogP contribution in [-0.2, 0) is 14.3 Å². The Bertz CT molecular complexity index is 744. The third kappa shape index (κ3) is 5.71. The van der Waals surface area contributed by atoms with Crippen molar-refractivity contribution in [1.82, 2.24) is 4.90 Å². The van der Waals surface area contributed by atoms with Crippen molar-refractivity contribution in [2.24, 2.45) is 11.8 Å². The van der Waals surface area contributed by atoms with Gasteiger partial charge in [0.25, 0.3) is 0 Å². The molecule has 3 amide bonds. The normalized spacial score (nSPS) is 17.8. The number of likely N-dealkylation sites (tertiary alicyclic amines) is 1. The fourth-order valence-electron chi connectivity index (χ4n) is 3.16. The lowest BCUT2D eigenvalue weighted by atomic mass is 9.96. The Hall–Kier alpha value is -2.57. The summed E-state index contributed by atoms with van der Waals surface area (Å²) in [6.07, 6.45) is 2.77. The molecule has 28 heavy (non-hydrogen) atoms. The highest BCUT2D eigenvalue weighted by atomic mass is 16.6. The molecule has 0 atom stereocenters. The summed E-state index contributed by atoms with van der Waals surface area (Å²) < 4.78 is 5.39. The fraction of sp³-hybridized carbons (Fsp3) is 0.571. The minimum Gasteiger partial charge on any atom is -0.444 e. The first kappa shape index (κ1) is 20.2. The van der Waals surface area contributed by atoms with Crippen LogP contribution in [0, 0.1) is 11.8 Å². The number of ether oxygens (including phenoxy) is 1. The van der Waals surface area contributed by atoms with Gasteiger partial charge in [-0.1, -0.05) is 6.07 Å². The number of carbonyl (C=O) groups excluding carboxylic acids is 3. The molecule has 2 aliphatic rings. The van der Waals surface area contributed by atoms with Gasteiger partial charge in [-0.15, -0.1) is 0 Å². The van der Waals surface area contributed by atoms with Crippen molar-refractivity contribution in [1.29, 1.82) is 0 Å². The maximum atomic E-state index is 12.6. The van der Waals surface area contributed by atoms with Crippen LogP contribution in [0.25, 0.3) is 0 Å². The van der Waals surface area contributed by atoms with E-state index in [2.05, 4.69) is 10.6 Å². The van der Waals surface area contributed by atoms with E-state index < -0.39 is 5.60 Å². The Labute approximate surface area is 165 Å². The molecule has 1 aliphatic heterocycles. The second-order valence-corrected chi connectivity index (χ2v) is 8.58. The molecule has 2 N–H and O–H groups in total. The minimum atomic E-state index is -0.523. The molecule has 7 nitrogen and oxygen atoms in total. The highest BCUT2D eigenvalue weighted by Gasteiger charge is 2.31. The number of benzene rings is 1. The van der Waals surface area contributed by atoms with E-state index in [-0.39, 0.29) is 29.7 Å². The third-order valence-corrected chi connectivity index (χ3v) is 4.86. The molecule has 0 spiro atoms. The number of amides is 3. The van der Waals surface area contributed by atoms with Gasteiger partial charge in [0.05, 0.1) is 0 Å². The zero-order chi connectivity index (χ0) is 20.3. The fourth-order valence-corrected chi connectivity index (χ4v) is 3.16. The van der Waals surface area contributed by atoms with Crippen LogP contribution in [0.5, 0.6) is 0 Å². The Morgan fingerprint density at radius 3 is 1.89 bits per heavy atom. The van der Waals surface area contributed by atoms with E-state index in [1.54, 1.807) is 17.0 Å². The van der Waals surface area contributed by atoms with Crippen molar-refractivity contribution in [3.8, 4) is 0 Å². The molecule has 1 saturated heterocycles. The quantitative estimate of drug-likeness (QED) is 0.826. The summed E-state index contributed by atoms with van der Waals surface area (Å²) >= 11 is 0. The molecule has 0 aromatic heterocycles. The van der Waals surface area contributed by atoms with E-state index in [4.69, 9.17) is 4.74 Å². The number of hydrogen-bond donors (Lipinski definition) is 2. The number of piperidine rings is 1. The van der Waals surface area contributed by atoms with E-state index in [9.17, 15) is 14.4 Å². The summed E-state index contributed by atoms with van der Waals surface area (Å²) in [6, 6.07) is 7.20. The number of carbonyl (C=O) groups is 3. The number of nitrogens with one attached hydrogen (secondary N) is 2. The lowest BCUT2D eigenvalue weighted by molar-refractivity contribution is -0.121. The lowest BCUT2D eigenvalue weighted by Crippen LogP contribution is -2.43. The zero-order valence-electron chi connectivity index (χ0n) is 16.8. The van der Waals surface area contributed by atoms with E-state index in [1.165, 1.54) is 0 Å². The van der Waals surface area contributed by atoms with E-state index in [0.29, 0.717) is 37.3 Å². The Kier molecular flexibility index (Phi) is 5.91. The van der Waals surface area contributed by atoms with Gasteiger partial charge in [0.15, 0.2) is 0 Å². The Morgan fingerprint density at radius 1 is 0.929 bits per heavy atom. The number of anilines is 2. The molecule has 3 rings (SSSR count). The standard InChI is InChI=1S/C21H29N3O4/c1-21(2,3)28-20(27)24-11-9-15(10-12-24)19(26)23-17-6-4-5-16(13-17)22-18(25)14-7-8-14/h4-6,13-15H,7-12H2,1-3H3,(H,22,25)(H,23,26). The predicted octanol–water partition coefficient (Wildman–Crippen LogP) is 3.62. The summed E-state index contributed by atoms with van der Waals surface area (Å²) in [5.41, 5.74) is 0.827. The first-order valence-corrected chi connectivity index (χ1v) is 9.91. The van der Waals surface area contributed by atoms with Gasteiger partial charge >= 0.3 is 6.09 Å². The van der Waals surface area contributed by atoms with Crippen LogP contribution >= 0.6 is 0 Å². The maximum Gasteiger partial charge on any atom is 0.410 e. The molecule has 7 heteroatoms. The van der Waals surface area contributed by atoms with Gasteiger partial charge in [0.1, 0.15) is 5.60 Å². The van der Waals surface area contributed by atoms with Crippen LogP contribution in [0.2, 0.25) is 0 Å². The average Bonchev–Trinajstić information content (AvgIpc) is 3.46. The second-order valence-electron chi connectivity index (χ2n) is 8.58. The van der Waals surface area contributed by atoms with Gasteiger partial charge in [-0.3, -0.25) is 9.59 Å². The summed E-state index contributed by atoms with van der Waals surface area (Å²) in [4.78, 5) is 38.3. The molecule has 2 fully saturated rings. The molecule has 152 valence electrons. The molecule has 1 aromatic carbocycles. The molecular weight excluding hydrogens is 358 g/mol. The summed E-state index contributed by atoms with van der Waals surface area (Å²) in [6.45, 7) is 6.53. The van der Waals surface area contributed by atoms with Gasteiger partial charge in [0.2, 0.25) is 11.8 Å². The van der Waals surface area contributed by atoms with Crippen LogP contribution in [-0.4, -0.2) is 41.5 Å². The van der Waals surface area contributed by atoms with Gasteiger partial charge < -0.3 is 20.3 Å². The summed E-state index contributed by atoms with van der Waals surface area (Å²) in [7, 11) is 0. The monoisotopic (exact) mass is 387 g/mol. The van der Waals surface area contributed by atoms with E-state index in [1.807, 2.05) is 32.9 Å². The molecule has 0 unspecified atom stereocenters. The lowest BCUT2D eigenvalue weighted by Gasteiger charge is -2.32. The molecule has 1 aliphatic carbocycles. The molecule has 1 aromatic rings. The summed E-state index contributed by atoms with van der Waals surface area (Å²) in [5.74, 6) is -0.0377. The van der Waals surface area contributed by atoms with Crippen LogP contribution in [0.3, 0.4) is 0 Å². The molecule has 1 heterocycles. The zero-order valence-corrected chi connectivity index (χ0v) is 16.8. The van der Waals surface area contributed by atoms with Crippen molar-refractivity contribution >= 4 is 29.3 Å². The van der Waals surface area contributed by atoms with Crippen molar-refractivity contribution < 1.29 is 19.1 Å². The highest BCUT2D eigenvalue weighted by molar-refractivity contribution is 5.96. The maximum absolute atomic E-state index is 12.6. The average molecular weight is 387 g/mol. The van der Waals surface area contributed by atoms with Crippen LogP contribution in [0.4, 0.5) is 16.2 Å². The van der Waals surface area contributed by atoms with Crippen molar-refractivity contribution in [2.75, 3.05) is 23.7 Å². The van der Waals surface area contributed by atoms with Crippen molar-refractivity contribution in [3.63, 3.8) is 0 Å². The molecular formula is C21H29N3O4. The number of nitrogens with zero attached hydrogens (tertiary/aromatic N) is 1. The van der Waals surface area contributed by atoms with Crippen molar-refractivity contribution in [3.05, 3.63) is 24.3 Å². The van der Waals surface area contributed by atoms with Crippen LogP contribution < -0.4 is 10.6 Å². The van der Waals surface area contributed by atoms with Crippen LogP contribution in [0.1, 0.15) is 46.5 Å². The third-order valence-electron chi connectivity index (χ3n) is 4.86. The van der Waals surface area contributed by atoms with E-state index >= 15 is 0 Å². The minimum absolute atomic E-state index is 0.0398. The second kappa shape index (κ2) is 8.20. The van der Waals surface area contributed by atoms with Gasteiger partial charge in [-0.05, 0) is 64.7 Å². The van der Waals surface area contributed by atoms with Crippen LogP contribution in [0.15, 0.2) is 24.3 Å². The first-order valence-electron chi connectivity index (χ1n) is 9.91. The smallest absolute Gasteiger partial charge is 0.410 e. The molecule has 0 radical (unpaired) electrons. The number of rotatable bonds is 4. The number of hydrogen-bond acceptors (Lipinski definition) is 4. The van der Waals surface area contributed by atoms with Gasteiger partial charge in [0, 0.05) is 36.3 Å². The topological polar surface area (TPSA) is 87.7 Å². The van der Waals surface area contributed by atoms with E-state index in [0.717, 1.165) is 12.8 Å². The van der Waals surface area contributed by atoms with Gasteiger partial charge in [-0.2, -0.15) is 0 Å². The largest absolute Gasteiger partial charge is 0.444 e. The first-order chi connectivity index (χ1) is 13.2. The van der Waals surface area contributed by atoms with Gasteiger partial charge in [-0.25, -0.2) is 4.79 Å². The van der Waals surface area contributed by atoms with Crippen molar-refractivity contribution in [2.45, 2.75) is 52.1 Å². The predicted molar refractivity (Wildman–Crippen MR) is 107 cm³/mol. The molecule has 0 bridgehead atoms.